The lowest BCUT2D eigenvalue weighted by Crippen LogP contribution is -1.96. The van der Waals surface area contributed by atoms with E-state index in [-0.39, 0.29) is 4.91 Å². The molecule has 0 bridgehead atoms. The zero-order valence-electron chi connectivity index (χ0n) is 12.2. The maximum absolute atomic E-state index is 11.5. The summed E-state index contributed by atoms with van der Waals surface area (Å²) < 4.78 is 10.6. The average molecular weight is 327 g/mol. The lowest BCUT2D eigenvalue weighted by molar-refractivity contribution is -0.131. The number of aliphatic carboxylic acids is 1. The average Bonchev–Trinajstić information content (AvgIpc) is 2.97. The third-order valence-electron chi connectivity index (χ3n) is 3.10. The Hall–Kier alpha value is -2.73. The number of carboxylic acid groups (broad SMARTS) is 1. The maximum Gasteiger partial charge on any atom is 0.342 e. The van der Waals surface area contributed by atoms with E-state index in [4.69, 9.17) is 9.15 Å². The van der Waals surface area contributed by atoms with Gasteiger partial charge in [-0.2, -0.15) is 0 Å². The summed E-state index contributed by atoms with van der Waals surface area (Å²) in [5.74, 6) is -0.321. The highest BCUT2D eigenvalue weighted by Gasteiger charge is 2.14. The first kappa shape index (κ1) is 15.2. The Morgan fingerprint density at radius 1 is 1.22 bits per heavy atom. The van der Waals surface area contributed by atoms with Gasteiger partial charge in [0.2, 0.25) is 0 Å². The maximum atomic E-state index is 11.5. The third-order valence-corrected chi connectivity index (χ3v) is 3.96. The van der Waals surface area contributed by atoms with Crippen LogP contribution in [0, 0.1) is 0 Å². The van der Waals surface area contributed by atoms with Gasteiger partial charge in [0.15, 0.2) is 5.58 Å². The van der Waals surface area contributed by atoms with Crippen molar-refractivity contribution in [2.45, 2.75) is 5.22 Å². The first-order chi connectivity index (χ1) is 11.2. The molecule has 3 aromatic rings. The number of carboxylic acids is 1. The lowest BCUT2D eigenvalue weighted by Gasteiger charge is -2.01. The smallest absolute Gasteiger partial charge is 0.342 e. The Balaban J connectivity index is 1.88. The molecule has 0 aliphatic carbocycles. The number of rotatable bonds is 5. The van der Waals surface area contributed by atoms with Gasteiger partial charge in [0, 0.05) is 0 Å². The molecule has 6 heteroatoms. The minimum atomic E-state index is -1.03. The Bertz CT molecular complexity index is 835. The number of hydrogen-bond acceptors (Lipinski definition) is 5. The summed E-state index contributed by atoms with van der Waals surface area (Å²) in [5, 5.41) is 9.69. The number of methoxy groups -OCH3 is 1. The number of hydrogen-bond donors (Lipinski definition) is 1. The standard InChI is InChI=1S/C17H13NO4S/c1-21-12-8-6-11(7-9-12)10-15(16(19)20)23-17-18-13-4-2-3-5-14(13)22-17/h2-10H,1H3,(H,19,20)/b15-10+. The van der Waals surface area contributed by atoms with E-state index in [1.165, 1.54) is 0 Å². The van der Waals surface area contributed by atoms with E-state index in [0.717, 1.165) is 17.3 Å². The Labute approximate surface area is 136 Å². The van der Waals surface area contributed by atoms with Gasteiger partial charge in [-0.05, 0) is 47.7 Å². The zero-order valence-corrected chi connectivity index (χ0v) is 13.0. The predicted molar refractivity (Wildman–Crippen MR) is 88.5 cm³/mol. The topological polar surface area (TPSA) is 72.6 Å². The summed E-state index contributed by atoms with van der Waals surface area (Å²) in [6.45, 7) is 0. The summed E-state index contributed by atoms with van der Waals surface area (Å²) in [5.41, 5.74) is 2.08. The van der Waals surface area contributed by atoms with Gasteiger partial charge in [0.25, 0.3) is 5.22 Å². The first-order valence-corrected chi connectivity index (χ1v) is 7.60. The molecule has 0 amide bonds. The van der Waals surface area contributed by atoms with Crippen LogP contribution in [0.3, 0.4) is 0 Å². The van der Waals surface area contributed by atoms with Crippen molar-refractivity contribution in [3.8, 4) is 5.75 Å². The molecule has 5 nitrogen and oxygen atoms in total. The first-order valence-electron chi connectivity index (χ1n) is 6.78. The van der Waals surface area contributed by atoms with Crippen LogP contribution in [-0.4, -0.2) is 23.2 Å². The molecule has 0 saturated heterocycles. The van der Waals surface area contributed by atoms with Crippen LogP contribution < -0.4 is 4.74 Å². The van der Waals surface area contributed by atoms with Crippen molar-refractivity contribution in [1.29, 1.82) is 0 Å². The number of oxazole rings is 1. The summed E-state index contributed by atoms with van der Waals surface area (Å²) in [4.78, 5) is 15.9. The van der Waals surface area contributed by atoms with Gasteiger partial charge in [0.05, 0.1) is 7.11 Å². The van der Waals surface area contributed by atoms with Crippen molar-refractivity contribution in [1.82, 2.24) is 4.98 Å². The molecular weight excluding hydrogens is 314 g/mol. The molecule has 0 fully saturated rings. The van der Waals surface area contributed by atoms with E-state index < -0.39 is 5.97 Å². The van der Waals surface area contributed by atoms with Gasteiger partial charge in [-0.25, -0.2) is 9.78 Å². The molecule has 3 rings (SSSR count). The van der Waals surface area contributed by atoms with Gasteiger partial charge in [-0.3, -0.25) is 0 Å². The Morgan fingerprint density at radius 2 is 1.96 bits per heavy atom. The van der Waals surface area contributed by atoms with E-state index in [1.807, 2.05) is 18.2 Å². The van der Waals surface area contributed by atoms with Gasteiger partial charge in [-0.1, -0.05) is 24.3 Å². The van der Waals surface area contributed by atoms with Crippen molar-refractivity contribution in [3.05, 3.63) is 59.0 Å². The SMILES string of the molecule is COc1ccc(/C=C(/Sc2nc3ccccc3o2)C(=O)O)cc1. The fourth-order valence-electron chi connectivity index (χ4n) is 1.98. The molecule has 0 aliphatic heterocycles. The highest BCUT2D eigenvalue weighted by atomic mass is 32.2. The molecule has 23 heavy (non-hydrogen) atoms. The molecule has 0 unspecified atom stereocenters. The van der Waals surface area contributed by atoms with Crippen LogP contribution in [0.15, 0.2) is 63.1 Å². The van der Waals surface area contributed by atoms with E-state index >= 15 is 0 Å². The van der Waals surface area contributed by atoms with Crippen molar-refractivity contribution in [2.75, 3.05) is 7.11 Å². The Kier molecular flexibility index (Phi) is 4.34. The van der Waals surface area contributed by atoms with Crippen LogP contribution in [0.4, 0.5) is 0 Å². The fraction of sp³-hybridized carbons (Fsp3) is 0.0588. The molecule has 0 aliphatic rings. The molecule has 0 atom stereocenters. The molecule has 1 N–H and O–H groups in total. The number of thioether (sulfide) groups is 1. The number of benzene rings is 2. The van der Waals surface area contributed by atoms with Crippen molar-refractivity contribution < 1.29 is 19.1 Å². The summed E-state index contributed by atoms with van der Waals surface area (Å²) in [7, 11) is 1.58. The van der Waals surface area contributed by atoms with Gasteiger partial charge < -0.3 is 14.3 Å². The summed E-state index contributed by atoms with van der Waals surface area (Å²) in [6, 6.07) is 14.4. The van der Waals surface area contributed by atoms with Crippen LogP contribution in [0.1, 0.15) is 5.56 Å². The molecular formula is C17H13NO4S. The van der Waals surface area contributed by atoms with Gasteiger partial charge >= 0.3 is 5.97 Å². The van der Waals surface area contributed by atoms with E-state index in [1.54, 1.807) is 43.5 Å². The van der Waals surface area contributed by atoms with Crippen molar-refractivity contribution in [3.63, 3.8) is 0 Å². The van der Waals surface area contributed by atoms with Crippen LogP contribution in [0.25, 0.3) is 17.2 Å². The number of nitrogens with zero attached hydrogens (tertiary/aromatic N) is 1. The fourth-order valence-corrected chi connectivity index (χ4v) is 2.72. The molecule has 1 heterocycles. The normalized spacial score (nSPS) is 11.6. The lowest BCUT2D eigenvalue weighted by atomic mass is 10.2. The second kappa shape index (κ2) is 6.58. The van der Waals surface area contributed by atoms with Crippen LogP contribution >= 0.6 is 11.8 Å². The molecule has 0 saturated carbocycles. The summed E-state index contributed by atoms with van der Waals surface area (Å²) in [6.07, 6.45) is 1.57. The molecule has 0 spiro atoms. The van der Waals surface area contributed by atoms with Crippen LogP contribution in [0.2, 0.25) is 0 Å². The van der Waals surface area contributed by atoms with Gasteiger partial charge in [0.1, 0.15) is 16.2 Å². The highest BCUT2D eigenvalue weighted by Crippen LogP contribution is 2.30. The second-order valence-electron chi connectivity index (χ2n) is 4.64. The molecule has 1 aromatic heterocycles. The van der Waals surface area contributed by atoms with E-state index in [0.29, 0.717) is 22.1 Å². The Morgan fingerprint density at radius 3 is 2.61 bits per heavy atom. The van der Waals surface area contributed by atoms with E-state index in [2.05, 4.69) is 4.98 Å². The third kappa shape index (κ3) is 3.54. The zero-order chi connectivity index (χ0) is 16.2. The van der Waals surface area contributed by atoms with Crippen molar-refractivity contribution >= 4 is 34.9 Å². The number of aromatic nitrogens is 1. The summed E-state index contributed by atoms with van der Waals surface area (Å²) >= 11 is 0.980. The second-order valence-corrected chi connectivity index (χ2v) is 5.63. The molecule has 2 aromatic carbocycles. The number of carbonyl (C=O) groups is 1. The monoisotopic (exact) mass is 327 g/mol. The molecule has 0 radical (unpaired) electrons. The van der Waals surface area contributed by atoms with Crippen molar-refractivity contribution in [2.24, 2.45) is 0 Å². The molecule has 116 valence electrons. The number of fused-ring (bicyclic) bond motifs is 1. The number of para-hydroxylation sites is 2. The minimum absolute atomic E-state index is 0.127. The van der Waals surface area contributed by atoms with Gasteiger partial charge in [-0.15, -0.1) is 0 Å². The largest absolute Gasteiger partial charge is 0.497 e. The quantitative estimate of drug-likeness (QED) is 0.563. The number of ether oxygens (including phenoxy) is 1. The predicted octanol–water partition coefficient (Wildman–Crippen LogP) is 4.05. The highest BCUT2D eigenvalue weighted by molar-refractivity contribution is 8.03. The van der Waals surface area contributed by atoms with Crippen LogP contribution in [0.5, 0.6) is 5.75 Å². The minimum Gasteiger partial charge on any atom is -0.497 e. The van der Waals surface area contributed by atoms with E-state index in [9.17, 15) is 9.90 Å². The van der Waals surface area contributed by atoms with Crippen LogP contribution in [-0.2, 0) is 4.79 Å².